The molecule has 28 heavy (non-hydrogen) atoms. The summed E-state index contributed by atoms with van der Waals surface area (Å²) in [5.74, 6) is 0.766. The van der Waals surface area contributed by atoms with Crippen LogP contribution in [0.1, 0.15) is 12.5 Å². The molecule has 0 aliphatic rings. The number of esters is 1. The van der Waals surface area contributed by atoms with Crippen molar-refractivity contribution in [3.05, 3.63) is 65.0 Å². The van der Waals surface area contributed by atoms with Gasteiger partial charge in [-0.15, -0.1) is 0 Å². The van der Waals surface area contributed by atoms with Crippen LogP contribution in [0.25, 0.3) is 28.1 Å². The Kier molecular flexibility index (Phi) is 4.79. The molecule has 0 atom stereocenters. The van der Waals surface area contributed by atoms with E-state index in [9.17, 15) is 4.79 Å². The number of imidazole rings is 1. The van der Waals surface area contributed by atoms with Gasteiger partial charge in [0.05, 0.1) is 17.3 Å². The normalized spacial score (nSPS) is 10.9. The van der Waals surface area contributed by atoms with Gasteiger partial charge in [-0.1, -0.05) is 12.1 Å². The van der Waals surface area contributed by atoms with E-state index in [2.05, 4.69) is 25.9 Å². The number of anilines is 1. The Hall–Kier alpha value is -3.26. The van der Waals surface area contributed by atoms with Crippen LogP contribution in [-0.4, -0.2) is 25.5 Å². The van der Waals surface area contributed by atoms with Crippen molar-refractivity contribution >= 4 is 38.8 Å². The smallest absolute Gasteiger partial charge is 0.302 e. The number of hydrogen-bond donors (Lipinski definition) is 1. The van der Waals surface area contributed by atoms with Crippen LogP contribution >= 0.6 is 15.9 Å². The van der Waals surface area contributed by atoms with Crippen molar-refractivity contribution in [3.63, 3.8) is 0 Å². The van der Waals surface area contributed by atoms with Gasteiger partial charge in [0.2, 0.25) is 0 Å². The average Bonchev–Trinajstić information content (AvgIpc) is 3.05. The molecule has 3 aromatic heterocycles. The Morgan fingerprint density at radius 3 is 2.71 bits per heavy atom. The number of nitrogens with zero attached hydrogens (tertiary/aromatic N) is 4. The van der Waals surface area contributed by atoms with Crippen LogP contribution in [-0.2, 0) is 16.1 Å². The number of ether oxygens (including phenoxy) is 1. The van der Waals surface area contributed by atoms with Crippen LogP contribution in [0.5, 0.6) is 0 Å². The van der Waals surface area contributed by atoms with Crippen LogP contribution < -0.4 is 5.73 Å². The molecule has 0 aliphatic carbocycles. The van der Waals surface area contributed by atoms with E-state index in [4.69, 9.17) is 15.5 Å². The second kappa shape index (κ2) is 7.40. The minimum absolute atomic E-state index is 0.234. The Bertz CT molecular complexity index is 1170. The number of rotatable bonds is 4. The number of carbonyl (C=O) groups excluding carboxylic acids is 1. The molecule has 0 radical (unpaired) electrons. The molecule has 2 N–H and O–H groups in total. The molecular formula is C20H16BrN5O2. The van der Waals surface area contributed by atoms with Crippen molar-refractivity contribution in [3.8, 4) is 17.1 Å². The number of carbonyl (C=O) groups is 1. The molecule has 0 saturated heterocycles. The number of hydrogen-bond acceptors (Lipinski definition) is 6. The number of benzene rings is 1. The molecule has 0 unspecified atom stereocenters. The zero-order valence-electron chi connectivity index (χ0n) is 15.0. The van der Waals surface area contributed by atoms with E-state index in [0.717, 1.165) is 27.8 Å². The number of nitrogens with two attached hydrogens (primary N) is 1. The molecule has 0 amide bonds. The fraction of sp³-hybridized carbons (Fsp3) is 0.100. The van der Waals surface area contributed by atoms with Gasteiger partial charge in [0.25, 0.3) is 0 Å². The van der Waals surface area contributed by atoms with Crippen molar-refractivity contribution in [1.29, 1.82) is 0 Å². The van der Waals surface area contributed by atoms with Gasteiger partial charge < -0.3 is 10.5 Å². The highest BCUT2D eigenvalue weighted by Gasteiger charge is 2.17. The van der Waals surface area contributed by atoms with E-state index in [0.29, 0.717) is 16.2 Å². The number of pyridine rings is 2. The molecule has 0 fully saturated rings. The monoisotopic (exact) mass is 437 g/mol. The third-order valence-electron chi connectivity index (χ3n) is 4.22. The lowest BCUT2D eigenvalue weighted by atomic mass is 10.2. The maximum Gasteiger partial charge on any atom is 0.302 e. The third-order valence-corrected chi connectivity index (χ3v) is 4.66. The maximum absolute atomic E-state index is 11.0. The summed E-state index contributed by atoms with van der Waals surface area (Å²) >= 11 is 3.43. The van der Waals surface area contributed by atoms with E-state index >= 15 is 0 Å². The molecule has 0 saturated carbocycles. The summed E-state index contributed by atoms with van der Waals surface area (Å²) in [5.41, 5.74) is 10.3. The fourth-order valence-electron chi connectivity index (χ4n) is 2.93. The molecule has 4 aromatic rings. The van der Waals surface area contributed by atoms with Crippen molar-refractivity contribution in [1.82, 2.24) is 19.5 Å². The Labute approximate surface area is 169 Å². The van der Waals surface area contributed by atoms with E-state index in [1.165, 1.54) is 6.92 Å². The molecule has 1 aromatic carbocycles. The standard InChI is InChI=1S/C20H16BrN5O2/c1-12(27)28-11-13-4-6-14(7-5-13)26-17-9-18(21)24-10-16(17)25-20(26)15-3-2-8-23-19(15)22/h2-10H,11H2,1H3,(H2,22,23). The summed E-state index contributed by atoms with van der Waals surface area (Å²) in [6.07, 6.45) is 3.36. The van der Waals surface area contributed by atoms with Crippen molar-refractivity contribution in [2.75, 3.05) is 5.73 Å². The largest absolute Gasteiger partial charge is 0.461 e. The Morgan fingerprint density at radius 2 is 2.00 bits per heavy atom. The molecule has 8 heteroatoms. The number of nitrogen functional groups attached to an aromatic ring is 1. The summed E-state index contributed by atoms with van der Waals surface area (Å²) in [6.45, 7) is 1.63. The highest BCUT2D eigenvalue weighted by atomic mass is 79.9. The molecule has 0 spiro atoms. The number of halogens is 1. The molecule has 0 aliphatic heterocycles. The van der Waals surface area contributed by atoms with Gasteiger partial charge in [-0.2, -0.15) is 0 Å². The molecule has 0 bridgehead atoms. The first-order chi connectivity index (χ1) is 13.5. The molecule has 3 heterocycles. The first-order valence-electron chi connectivity index (χ1n) is 8.50. The van der Waals surface area contributed by atoms with Crippen LogP contribution in [0.15, 0.2) is 59.5 Å². The van der Waals surface area contributed by atoms with Gasteiger partial charge in [-0.3, -0.25) is 9.36 Å². The van der Waals surface area contributed by atoms with Gasteiger partial charge in [0.15, 0.2) is 0 Å². The van der Waals surface area contributed by atoms with E-state index < -0.39 is 0 Å². The van der Waals surface area contributed by atoms with E-state index in [1.54, 1.807) is 12.4 Å². The second-order valence-corrected chi connectivity index (χ2v) is 6.96. The zero-order chi connectivity index (χ0) is 19.7. The SMILES string of the molecule is CC(=O)OCc1ccc(-n2c(-c3cccnc3N)nc3cnc(Br)cc32)cc1. The van der Waals surface area contributed by atoms with Gasteiger partial charge in [0.1, 0.15) is 28.4 Å². The highest BCUT2D eigenvalue weighted by Crippen LogP contribution is 2.31. The quantitative estimate of drug-likeness (QED) is 0.384. The van der Waals surface area contributed by atoms with E-state index in [1.807, 2.05) is 47.0 Å². The Morgan fingerprint density at radius 1 is 1.21 bits per heavy atom. The predicted molar refractivity (Wildman–Crippen MR) is 110 cm³/mol. The fourth-order valence-corrected chi connectivity index (χ4v) is 3.25. The molecule has 7 nitrogen and oxygen atoms in total. The molecular weight excluding hydrogens is 422 g/mol. The lowest BCUT2D eigenvalue weighted by molar-refractivity contribution is -0.142. The summed E-state index contributed by atoms with van der Waals surface area (Å²) in [5, 5.41) is 0. The maximum atomic E-state index is 11.0. The first kappa shape index (κ1) is 18.1. The Balaban J connectivity index is 1.87. The first-order valence-corrected chi connectivity index (χ1v) is 9.30. The summed E-state index contributed by atoms with van der Waals surface area (Å²) in [4.78, 5) is 24.2. The zero-order valence-corrected chi connectivity index (χ0v) is 16.5. The number of fused-ring (bicyclic) bond motifs is 1. The minimum Gasteiger partial charge on any atom is -0.461 e. The van der Waals surface area contributed by atoms with Crippen LogP contribution in [0.4, 0.5) is 5.82 Å². The average molecular weight is 438 g/mol. The second-order valence-electron chi connectivity index (χ2n) is 6.15. The highest BCUT2D eigenvalue weighted by molar-refractivity contribution is 9.10. The van der Waals surface area contributed by atoms with Gasteiger partial charge in [-0.05, 0) is 51.8 Å². The van der Waals surface area contributed by atoms with Gasteiger partial charge in [-0.25, -0.2) is 15.0 Å². The lowest BCUT2D eigenvalue weighted by Crippen LogP contribution is -2.02. The molecule has 140 valence electrons. The molecule has 4 rings (SSSR count). The van der Waals surface area contributed by atoms with Crippen molar-refractivity contribution in [2.24, 2.45) is 0 Å². The summed E-state index contributed by atoms with van der Waals surface area (Å²) in [6, 6.07) is 13.3. The lowest BCUT2D eigenvalue weighted by Gasteiger charge is -2.11. The van der Waals surface area contributed by atoms with Gasteiger partial charge >= 0.3 is 5.97 Å². The van der Waals surface area contributed by atoms with Crippen LogP contribution in [0, 0.1) is 0 Å². The van der Waals surface area contributed by atoms with E-state index in [-0.39, 0.29) is 12.6 Å². The topological polar surface area (TPSA) is 95.9 Å². The van der Waals surface area contributed by atoms with Crippen molar-refractivity contribution in [2.45, 2.75) is 13.5 Å². The minimum atomic E-state index is -0.309. The van der Waals surface area contributed by atoms with Crippen LogP contribution in [0.3, 0.4) is 0 Å². The number of aromatic nitrogens is 4. The third kappa shape index (κ3) is 3.46. The summed E-state index contributed by atoms with van der Waals surface area (Å²) in [7, 11) is 0. The predicted octanol–water partition coefficient (Wildman–Crippen LogP) is 3.89. The van der Waals surface area contributed by atoms with Gasteiger partial charge in [0, 0.05) is 18.8 Å². The van der Waals surface area contributed by atoms with Crippen LogP contribution in [0.2, 0.25) is 0 Å². The summed E-state index contributed by atoms with van der Waals surface area (Å²) < 4.78 is 7.77. The van der Waals surface area contributed by atoms with Crippen molar-refractivity contribution < 1.29 is 9.53 Å².